The van der Waals surface area contributed by atoms with Crippen molar-refractivity contribution in [3.05, 3.63) is 0 Å². The van der Waals surface area contributed by atoms with Gasteiger partial charge in [0.25, 0.3) is 0 Å². The molecule has 0 aliphatic carbocycles. The summed E-state index contributed by atoms with van der Waals surface area (Å²) in [6.45, 7) is 4.09. The van der Waals surface area contributed by atoms with E-state index in [1.165, 1.54) is 0 Å². The van der Waals surface area contributed by atoms with E-state index < -0.39 is 12.3 Å². The molecule has 3 N–H and O–H groups in total. The third kappa shape index (κ3) is 8.21. The van der Waals surface area contributed by atoms with Crippen LogP contribution in [0.5, 0.6) is 0 Å². The number of amides is 2. The molecule has 1 saturated heterocycles. The van der Waals surface area contributed by atoms with Gasteiger partial charge in [0.05, 0.1) is 0 Å². The molecule has 0 aromatic rings. The average molecular weight is 327 g/mol. The van der Waals surface area contributed by atoms with Crippen molar-refractivity contribution in [3.8, 4) is 0 Å². The molecule has 1 atom stereocenters. The normalized spacial score (nSPS) is 17.8. The SMILES string of the molecule is CCCCCC(=O)N1CCCC[C@H]1OC(=O)NCCCCCN. The van der Waals surface area contributed by atoms with Crippen LogP contribution in [0.15, 0.2) is 0 Å². The van der Waals surface area contributed by atoms with Crippen molar-refractivity contribution in [2.45, 2.75) is 77.4 Å². The molecule has 6 heteroatoms. The smallest absolute Gasteiger partial charge is 0.409 e. The Kier molecular flexibility index (Phi) is 10.4. The molecule has 23 heavy (non-hydrogen) atoms. The zero-order valence-corrected chi connectivity index (χ0v) is 14.5. The number of nitrogens with one attached hydrogen (secondary N) is 1. The zero-order valence-electron chi connectivity index (χ0n) is 14.5. The highest BCUT2D eigenvalue weighted by molar-refractivity contribution is 5.77. The highest BCUT2D eigenvalue weighted by atomic mass is 16.6. The van der Waals surface area contributed by atoms with Crippen molar-refractivity contribution in [2.24, 2.45) is 5.73 Å². The molecule has 0 unspecified atom stereocenters. The fourth-order valence-corrected chi connectivity index (χ4v) is 2.78. The Morgan fingerprint density at radius 3 is 2.74 bits per heavy atom. The molecule has 0 spiro atoms. The molecule has 0 bridgehead atoms. The second-order valence-corrected chi connectivity index (χ2v) is 6.18. The van der Waals surface area contributed by atoms with Gasteiger partial charge in [0.2, 0.25) is 5.91 Å². The second-order valence-electron chi connectivity index (χ2n) is 6.18. The number of nitrogens with two attached hydrogens (primary N) is 1. The lowest BCUT2D eigenvalue weighted by Gasteiger charge is -2.35. The minimum atomic E-state index is -0.420. The quantitative estimate of drug-likeness (QED) is 0.604. The summed E-state index contributed by atoms with van der Waals surface area (Å²) in [6, 6.07) is 0. The largest absolute Gasteiger partial charge is 0.425 e. The van der Waals surface area contributed by atoms with Gasteiger partial charge in [-0.3, -0.25) is 4.79 Å². The lowest BCUT2D eigenvalue weighted by atomic mass is 10.1. The van der Waals surface area contributed by atoms with Gasteiger partial charge in [0.1, 0.15) is 0 Å². The summed E-state index contributed by atoms with van der Waals surface area (Å²) in [5, 5.41) is 2.76. The molecule has 1 aliphatic rings. The summed E-state index contributed by atoms with van der Waals surface area (Å²) in [5.41, 5.74) is 5.43. The van der Waals surface area contributed by atoms with Crippen LogP contribution in [-0.4, -0.2) is 42.8 Å². The molecule has 0 aromatic heterocycles. The highest BCUT2D eigenvalue weighted by Crippen LogP contribution is 2.20. The molecule has 0 aromatic carbocycles. The minimum absolute atomic E-state index is 0.110. The molecule has 0 radical (unpaired) electrons. The van der Waals surface area contributed by atoms with Gasteiger partial charge < -0.3 is 20.7 Å². The van der Waals surface area contributed by atoms with Gasteiger partial charge in [-0.25, -0.2) is 4.79 Å². The van der Waals surface area contributed by atoms with Crippen LogP contribution in [0.3, 0.4) is 0 Å². The number of hydrogen-bond donors (Lipinski definition) is 2. The summed E-state index contributed by atoms with van der Waals surface area (Å²) in [4.78, 5) is 25.9. The maximum Gasteiger partial charge on any atom is 0.409 e. The van der Waals surface area contributed by atoms with Gasteiger partial charge in [0, 0.05) is 25.9 Å². The fourth-order valence-electron chi connectivity index (χ4n) is 2.78. The lowest BCUT2D eigenvalue weighted by molar-refractivity contribution is -0.144. The van der Waals surface area contributed by atoms with Crippen LogP contribution in [0.1, 0.15) is 71.1 Å². The summed E-state index contributed by atoms with van der Waals surface area (Å²) in [7, 11) is 0. The average Bonchev–Trinajstić information content (AvgIpc) is 2.55. The number of piperidine rings is 1. The molecular weight excluding hydrogens is 294 g/mol. The van der Waals surface area contributed by atoms with Gasteiger partial charge in [-0.2, -0.15) is 0 Å². The summed E-state index contributed by atoms with van der Waals surface area (Å²) in [5.74, 6) is 0.110. The van der Waals surface area contributed by atoms with E-state index in [1.54, 1.807) is 4.90 Å². The maximum absolute atomic E-state index is 12.3. The number of carbonyl (C=O) groups excluding carboxylic acids is 2. The van der Waals surface area contributed by atoms with E-state index in [2.05, 4.69) is 12.2 Å². The van der Waals surface area contributed by atoms with E-state index in [0.717, 1.165) is 57.8 Å². The Morgan fingerprint density at radius 1 is 1.17 bits per heavy atom. The fraction of sp³-hybridized carbons (Fsp3) is 0.882. The Hall–Kier alpha value is -1.30. The first kappa shape index (κ1) is 19.7. The first-order valence-electron chi connectivity index (χ1n) is 9.13. The topological polar surface area (TPSA) is 84.7 Å². The molecule has 1 aliphatic heterocycles. The van der Waals surface area contributed by atoms with Gasteiger partial charge in [0.15, 0.2) is 6.23 Å². The van der Waals surface area contributed by atoms with E-state index in [1.807, 2.05) is 0 Å². The van der Waals surface area contributed by atoms with Gasteiger partial charge in [-0.1, -0.05) is 26.2 Å². The van der Waals surface area contributed by atoms with Crippen molar-refractivity contribution in [1.82, 2.24) is 10.2 Å². The highest BCUT2D eigenvalue weighted by Gasteiger charge is 2.29. The summed E-state index contributed by atoms with van der Waals surface area (Å²) < 4.78 is 5.47. The first-order chi connectivity index (χ1) is 11.2. The summed E-state index contributed by atoms with van der Waals surface area (Å²) in [6.07, 6.45) is 8.39. The third-order valence-corrected chi connectivity index (χ3v) is 4.16. The molecular formula is C17H33N3O3. The number of ether oxygens (including phenoxy) is 1. The van der Waals surface area contributed by atoms with Crippen LogP contribution < -0.4 is 11.1 Å². The predicted octanol–water partition coefficient (Wildman–Crippen LogP) is 2.76. The maximum atomic E-state index is 12.3. The van der Waals surface area contributed by atoms with E-state index >= 15 is 0 Å². The predicted molar refractivity (Wildman–Crippen MR) is 90.9 cm³/mol. The van der Waals surface area contributed by atoms with Crippen molar-refractivity contribution < 1.29 is 14.3 Å². The van der Waals surface area contributed by atoms with E-state index in [4.69, 9.17) is 10.5 Å². The standard InChI is InChI=1S/C17H33N3O3/c1-2-3-5-10-15(21)20-14-9-6-11-16(20)23-17(22)19-13-8-4-7-12-18/h16H,2-14,18H2,1H3,(H,19,22)/t16-/m1/s1. The van der Waals surface area contributed by atoms with Gasteiger partial charge in [-0.05, 0) is 38.6 Å². The number of nitrogens with zero attached hydrogens (tertiary/aromatic N) is 1. The summed E-state index contributed by atoms with van der Waals surface area (Å²) >= 11 is 0. The molecule has 134 valence electrons. The third-order valence-electron chi connectivity index (χ3n) is 4.16. The Bertz CT molecular complexity index is 350. The van der Waals surface area contributed by atoms with Crippen molar-refractivity contribution in [3.63, 3.8) is 0 Å². The van der Waals surface area contributed by atoms with Crippen molar-refractivity contribution in [2.75, 3.05) is 19.6 Å². The van der Waals surface area contributed by atoms with Gasteiger partial charge >= 0.3 is 6.09 Å². The number of rotatable bonds is 10. The minimum Gasteiger partial charge on any atom is -0.425 e. The van der Waals surface area contributed by atoms with Crippen LogP contribution in [0.4, 0.5) is 4.79 Å². The zero-order chi connectivity index (χ0) is 16.9. The van der Waals surface area contributed by atoms with E-state index in [0.29, 0.717) is 26.1 Å². The Morgan fingerprint density at radius 2 is 2.00 bits per heavy atom. The number of carbonyl (C=O) groups is 2. The molecule has 1 heterocycles. The Labute approximate surface area is 140 Å². The number of unbranched alkanes of at least 4 members (excludes halogenated alkanes) is 4. The number of hydrogen-bond acceptors (Lipinski definition) is 4. The van der Waals surface area contributed by atoms with Gasteiger partial charge in [-0.15, -0.1) is 0 Å². The first-order valence-corrected chi connectivity index (χ1v) is 9.13. The molecule has 6 nitrogen and oxygen atoms in total. The van der Waals surface area contributed by atoms with Crippen LogP contribution >= 0.6 is 0 Å². The van der Waals surface area contributed by atoms with E-state index in [9.17, 15) is 9.59 Å². The van der Waals surface area contributed by atoms with Crippen LogP contribution in [0, 0.1) is 0 Å². The number of alkyl carbamates (subject to hydrolysis) is 1. The Balaban J connectivity index is 2.32. The van der Waals surface area contributed by atoms with Crippen LogP contribution in [0.25, 0.3) is 0 Å². The van der Waals surface area contributed by atoms with Crippen molar-refractivity contribution >= 4 is 12.0 Å². The lowest BCUT2D eigenvalue weighted by Crippen LogP contribution is -2.47. The van der Waals surface area contributed by atoms with Crippen LogP contribution in [-0.2, 0) is 9.53 Å². The van der Waals surface area contributed by atoms with Crippen LogP contribution in [0.2, 0.25) is 0 Å². The molecule has 1 fully saturated rings. The van der Waals surface area contributed by atoms with E-state index in [-0.39, 0.29) is 5.91 Å². The second kappa shape index (κ2) is 12.2. The number of likely N-dealkylation sites (tertiary alicyclic amines) is 1. The molecule has 2 amide bonds. The molecule has 1 rings (SSSR count). The monoisotopic (exact) mass is 327 g/mol. The molecule has 0 saturated carbocycles. The van der Waals surface area contributed by atoms with Crippen molar-refractivity contribution in [1.29, 1.82) is 0 Å².